The number of rotatable bonds is 6. The third-order valence-corrected chi connectivity index (χ3v) is 2.59. The lowest BCUT2D eigenvalue weighted by atomic mass is 10.1. The molecule has 1 heterocycles. The molecule has 0 aliphatic rings. The highest BCUT2D eigenvalue weighted by molar-refractivity contribution is 7.07. The Kier molecular flexibility index (Phi) is 5.05. The summed E-state index contributed by atoms with van der Waals surface area (Å²) in [5.41, 5.74) is 7.18. The van der Waals surface area contributed by atoms with Gasteiger partial charge < -0.3 is 10.5 Å². The molecule has 74 valence electrons. The van der Waals surface area contributed by atoms with Gasteiger partial charge in [0.25, 0.3) is 0 Å². The zero-order valence-electron chi connectivity index (χ0n) is 8.03. The van der Waals surface area contributed by atoms with Gasteiger partial charge in [0.1, 0.15) is 0 Å². The molecular weight excluding hydrogens is 182 g/mol. The Bertz CT molecular complexity index is 211. The summed E-state index contributed by atoms with van der Waals surface area (Å²) in [7, 11) is 0. The van der Waals surface area contributed by atoms with Gasteiger partial charge in [-0.1, -0.05) is 6.92 Å². The molecule has 1 atom stereocenters. The van der Waals surface area contributed by atoms with Crippen LogP contribution in [0.5, 0.6) is 0 Å². The van der Waals surface area contributed by atoms with E-state index in [-0.39, 0.29) is 6.04 Å². The molecule has 1 aromatic rings. The average Bonchev–Trinajstić information content (AvgIpc) is 2.65. The summed E-state index contributed by atoms with van der Waals surface area (Å²) in [6, 6.07) is 2.22. The zero-order chi connectivity index (χ0) is 9.52. The highest BCUT2D eigenvalue weighted by Gasteiger charge is 2.05. The molecule has 1 rings (SSSR count). The van der Waals surface area contributed by atoms with Gasteiger partial charge in [0.2, 0.25) is 0 Å². The van der Waals surface area contributed by atoms with Crippen molar-refractivity contribution >= 4 is 11.3 Å². The Morgan fingerprint density at radius 3 is 3.00 bits per heavy atom. The van der Waals surface area contributed by atoms with Gasteiger partial charge in [0.05, 0.1) is 0 Å². The van der Waals surface area contributed by atoms with E-state index in [1.165, 1.54) is 5.56 Å². The van der Waals surface area contributed by atoms with E-state index < -0.39 is 0 Å². The number of nitrogens with two attached hydrogens (primary N) is 1. The van der Waals surface area contributed by atoms with E-state index in [0.29, 0.717) is 0 Å². The molecule has 0 fully saturated rings. The van der Waals surface area contributed by atoms with Crippen molar-refractivity contribution in [2.45, 2.75) is 25.8 Å². The third-order valence-electron chi connectivity index (χ3n) is 1.89. The first-order chi connectivity index (χ1) is 6.34. The molecule has 2 nitrogen and oxygen atoms in total. The lowest BCUT2D eigenvalue weighted by molar-refractivity contribution is 0.128. The standard InChI is InChI=1S/C10H17NOS/c1-2-5-12-6-3-10(11)9-4-7-13-8-9/h4,7-8,10H,2-3,5-6,11H2,1H3. The summed E-state index contributed by atoms with van der Waals surface area (Å²) < 4.78 is 5.37. The van der Waals surface area contributed by atoms with Crippen LogP contribution in [0.1, 0.15) is 31.4 Å². The molecule has 3 heteroatoms. The van der Waals surface area contributed by atoms with Gasteiger partial charge in [-0.05, 0) is 35.2 Å². The van der Waals surface area contributed by atoms with Gasteiger partial charge in [0.15, 0.2) is 0 Å². The summed E-state index contributed by atoms with van der Waals surface area (Å²) in [6.07, 6.45) is 1.99. The summed E-state index contributed by atoms with van der Waals surface area (Å²) >= 11 is 1.69. The van der Waals surface area contributed by atoms with Crippen molar-refractivity contribution in [1.29, 1.82) is 0 Å². The lowest BCUT2D eigenvalue weighted by Crippen LogP contribution is -2.12. The first-order valence-corrected chi connectivity index (χ1v) is 5.64. The topological polar surface area (TPSA) is 35.2 Å². The van der Waals surface area contributed by atoms with Gasteiger partial charge in [-0.3, -0.25) is 0 Å². The minimum Gasteiger partial charge on any atom is -0.381 e. The van der Waals surface area contributed by atoms with Crippen LogP contribution in [0.2, 0.25) is 0 Å². The first kappa shape index (κ1) is 10.7. The van der Waals surface area contributed by atoms with E-state index in [1.54, 1.807) is 11.3 Å². The smallest absolute Gasteiger partial charge is 0.0484 e. The SMILES string of the molecule is CCCOCCC(N)c1ccsc1. The van der Waals surface area contributed by atoms with Gasteiger partial charge in [0, 0.05) is 19.3 Å². The van der Waals surface area contributed by atoms with Gasteiger partial charge in [-0.15, -0.1) is 0 Å². The monoisotopic (exact) mass is 199 g/mol. The molecule has 0 aromatic carbocycles. The predicted molar refractivity (Wildman–Crippen MR) is 57.0 cm³/mol. The maximum atomic E-state index is 5.95. The van der Waals surface area contributed by atoms with E-state index in [0.717, 1.165) is 26.1 Å². The molecule has 1 unspecified atom stereocenters. The first-order valence-electron chi connectivity index (χ1n) is 4.70. The maximum Gasteiger partial charge on any atom is 0.0484 e. The molecule has 0 radical (unpaired) electrons. The molecule has 13 heavy (non-hydrogen) atoms. The summed E-state index contributed by atoms with van der Waals surface area (Å²) in [5.74, 6) is 0. The highest BCUT2D eigenvalue weighted by atomic mass is 32.1. The fraction of sp³-hybridized carbons (Fsp3) is 0.600. The Balaban J connectivity index is 2.15. The second-order valence-corrected chi connectivity index (χ2v) is 3.84. The highest BCUT2D eigenvalue weighted by Crippen LogP contribution is 2.16. The molecule has 0 aliphatic carbocycles. The minimum absolute atomic E-state index is 0.142. The van der Waals surface area contributed by atoms with Crippen molar-refractivity contribution in [3.63, 3.8) is 0 Å². The Hall–Kier alpha value is -0.380. The van der Waals surface area contributed by atoms with Crippen molar-refractivity contribution in [3.05, 3.63) is 22.4 Å². The minimum atomic E-state index is 0.142. The third kappa shape index (κ3) is 3.89. The molecule has 0 saturated heterocycles. The van der Waals surface area contributed by atoms with Crippen LogP contribution in [0, 0.1) is 0 Å². The number of hydrogen-bond donors (Lipinski definition) is 1. The van der Waals surface area contributed by atoms with Crippen LogP contribution in [0.25, 0.3) is 0 Å². The maximum absolute atomic E-state index is 5.95. The second-order valence-electron chi connectivity index (χ2n) is 3.06. The van der Waals surface area contributed by atoms with Crippen LogP contribution < -0.4 is 5.73 Å². The van der Waals surface area contributed by atoms with Crippen LogP contribution >= 0.6 is 11.3 Å². The second kappa shape index (κ2) is 6.13. The van der Waals surface area contributed by atoms with E-state index in [9.17, 15) is 0 Å². The van der Waals surface area contributed by atoms with Crippen LogP contribution in [-0.2, 0) is 4.74 Å². The van der Waals surface area contributed by atoms with Crippen LogP contribution in [0.4, 0.5) is 0 Å². The van der Waals surface area contributed by atoms with E-state index in [2.05, 4.69) is 23.8 Å². The van der Waals surface area contributed by atoms with Crippen LogP contribution in [0.3, 0.4) is 0 Å². The van der Waals surface area contributed by atoms with E-state index in [4.69, 9.17) is 10.5 Å². The number of thiophene rings is 1. The van der Waals surface area contributed by atoms with Crippen molar-refractivity contribution in [2.24, 2.45) is 5.73 Å². The van der Waals surface area contributed by atoms with E-state index in [1.807, 2.05) is 0 Å². The fourth-order valence-electron chi connectivity index (χ4n) is 1.11. The van der Waals surface area contributed by atoms with Gasteiger partial charge in [-0.25, -0.2) is 0 Å². The Morgan fingerprint density at radius 1 is 1.54 bits per heavy atom. The normalized spacial score (nSPS) is 13.1. The van der Waals surface area contributed by atoms with E-state index >= 15 is 0 Å². The van der Waals surface area contributed by atoms with Crippen molar-refractivity contribution in [3.8, 4) is 0 Å². The van der Waals surface area contributed by atoms with Gasteiger partial charge in [-0.2, -0.15) is 11.3 Å². The van der Waals surface area contributed by atoms with Crippen molar-refractivity contribution in [1.82, 2.24) is 0 Å². The Labute approximate surface area is 83.7 Å². The van der Waals surface area contributed by atoms with Crippen LogP contribution in [0.15, 0.2) is 16.8 Å². The summed E-state index contributed by atoms with van der Waals surface area (Å²) in [6.45, 7) is 3.72. The van der Waals surface area contributed by atoms with Crippen molar-refractivity contribution in [2.75, 3.05) is 13.2 Å². The molecule has 0 spiro atoms. The number of ether oxygens (including phenoxy) is 1. The molecular formula is C10H17NOS. The molecule has 0 amide bonds. The molecule has 0 bridgehead atoms. The Morgan fingerprint density at radius 2 is 2.38 bits per heavy atom. The van der Waals surface area contributed by atoms with Crippen LogP contribution in [-0.4, -0.2) is 13.2 Å². The number of hydrogen-bond acceptors (Lipinski definition) is 3. The predicted octanol–water partition coefficient (Wildman–Crippen LogP) is 2.56. The lowest BCUT2D eigenvalue weighted by Gasteiger charge is -2.09. The largest absolute Gasteiger partial charge is 0.381 e. The molecule has 1 aromatic heterocycles. The average molecular weight is 199 g/mol. The fourth-order valence-corrected chi connectivity index (χ4v) is 1.83. The van der Waals surface area contributed by atoms with Gasteiger partial charge >= 0.3 is 0 Å². The van der Waals surface area contributed by atoms with Crippen molar-refractivity contribution < 1.29 is 4.74 Å². The molecule has 0 saturated carbocycles. The summed E-state index contributed by atoms with van der Waals surface area (Å²) in [5, 5.41) is 4.16. The zero-order valence-corrected chi connectivity index (χ0v) is 8.85. The molecule has 2 N–H and O–H groups in total. The summed E-state index contributed by atoms with van der Waals surface area (Å²) in [4.78, 5) is 0. The quantitative estimate of drug-likeness (QED) is 0.715. The molecule has 0 aliphatic heterocycles.